The molecule has 2 aromatic heterocycles. The smallest absolute Gasteiger partial charge is 0.261 e. The van der Waals surface area contributed by atoms with E-state index in [2.05, 4.69) is 46.2 Å². The number of guanidine groups is 1. The van der Waals surface area contributed by atoms with Crippen molar-refractivity contribution in [2.75, 3.05) is 19.6 Å². The number of aryl methyl sites for hydroxylation is 1. The highest BCUT2D eigenvalue weighted by Gasteiger charge is 2.05. The number of hydrogen-bond acceptors (Lipinski definition) is 4. The van der Waals surface area contributed by atoms with Crippen LogP contribution in [0.15, 0.2) is 34.0 Å². The van der Waals surface area contributed by atoms with Crippen LogP contribution in [0.3, 0.4) is 0 Å². The molecule has 0 aliphatic carbocycles. The third-order valence-electron chi connectivity index (χ3n) is 3.37. The van der Waals surface area contributed by atoms with E-state index in [1.54, 1.807) is 11.3 Å². The van der Waals surface area contributed by atoms with Gasteiger partial charge in [0.1, 0.15) is 0 Å². The maximum atomic E-state index is 11.8. The Morgan fingerprint density at radius 1 is 1.12 bits per heavy atom. The molecule has 2 heterocycles. The fraction of sp³-hybridized carbons (Fsp3) is 0.412. The second-order valence-corrected chi connectivity index (χ2v) is 7.18. The molecule has 0 saturated heterocycles. The molecule has 0 bridgehead atoms. The molecule has 130 valence electrons. The SMILES string of the molecule is CCNC(=NCc1sccc1C)NCCCNC(=O)c1cccs1. The Morgan fingerprint density at radius 2 is 1.96 bits per heavy atom. The van der Waals surface area contributed by atoms with Gasteiger partial charge < -0.3 is 16.0 Å². The van der Waals surface area contributed by atoms with Gasteiger partial charge in [-0.2, -0.15) is 0 Å². The van der Waals surface area contributed by atoms with Crippen molar-refractivity contribution >= 4 is 34.5 Å². The van der Waals surface area contributed by atoms with Crippen LogP contribution in [0.1, 0.15) is 33.5 Å². The van der Waals surface area contributed by atoms with Gasteiger partial charge in [0.25, 0.3) is 5.91 Å². The predicted molar refractivity (Wildman–Crippen MR) is 103 cm³/mol. The minimum Gasteiger partial charge on any atom is -0.357 e. The molecule has 1 amide bonds. The fourth-order valence-electron chi connectivity index (χ4n) is 2.05. The van der Waals surface area contributed by atoms with Crippen LogP contribution >= 0.6 is 22.7 Å². The summed E-state index contributed by atoms with van der Waals surface area (Å²) in [5.74, 6) is 0.814. The van der Waals surface area contributed by atoms with Crippen molar-refractivity contribution in [3.8, 4) is 0 Å². The molecule has 0 spiro atoms. The number of nitrogens with one attached hydrogen (secondary N) is 3. The first-order chi connectivity index (χ1) is 11.7. The summed E-state index contributed by atoms with van der Waals surface area (Å²) in [5, 5.41) is 13.5. The molecule has 0 atom stereocenters. The number of carbonyl (C=O) groups excluding carboxylic acids is 1. The third kappa shape index (κ3) is 5.98. The summed E-state index contributed by atoms with van der Waals surface area (Å²) in [5.41, 5.74) is 1.29. The van der Waals surface area contributed by atoms with Gasteiger partial charge in [0.2, 0.25) is 0 Å². The molecule has 3 N–H and O–H groups in total. The number of amides is 1. The average Bonchev–Trinajstić information content (AvgIpc) is 3.23. The lowest BCUT2D eigenvalue weighted by atomic mass is 10.3. The molecule has 0 aromatic carbocycles. The zero-order chi connectivity index (χ0) is 17.2. The number of carbonyl (C=O) groups is 1. The van der Waals surface area contributed by atoms with Gasteiger partial charge in [0.15, 0.2) is 5.96 Å². The molecule has 0 fully saturated rings. The number of hydrogen-bond donors (Lipinski definition) is 3. The van der Waals surface area contributed by atoms with E-state index in [-0.39, 0.29) is 5.91 Å². The Labute approximate surface area is 151 Å². The highest BCUT2D eigenvalue weighted by molar-refractivity contribution is 7.12. The Morgan fingerprint density at radius 3 is 2.62 bits per heavy atom. The van der Waals surface area contributed by atoms with Gasteiger partial charge >= 0.3 is 0 Å². The lowest BCUT2D eigenvalue weighted by Crippen LogP contribution is -2.38. The number of rotatable bonds is 8. The summed E-state index contributed by atoms with van der Waals surface area (Å²) in [7, 11) is 0. The van der Waals surface area contributed by atoms with E-state index in [0.29, 0.717) is 13.1 Å². The second kappa shape index (κ2) is 10.1. The Balaban J connectivity index is 1.69. The summed E-state index contributed by atoms with van der Waals surface area (Å²) >= 11 is 3.19. The van der Waals surface area contributed by atoms with Gasteiger partial charge in [-0.05, 0) is 48.7 Å². The first kappa shape index (κ1) is 18.5. The van der Waals surface area contributed by atoms with Crippen LogP contribution in [0.5, 0.6) is 0 Å². The van der Waals surface area contributed by atoms with Crippen LogP contribution in [0, 0.1) is 6.92 Å². The Kier molecular flexibility index (Phi) is 7.77. The standard InChI is InChI=1S/C17H24N4OS2/c1-3-18-17(21-12-15-13(2)7-11-24-15)20-9-5-8-19-16(22)14-6-4-10-23-14/h4,6-7,10-11H,3,5,8-9,12H2,1-2H3,(H,19,22)(H2,18,20,21). The van der Waals surface area contributed by atoms with Gasteiger partial charge in [-0.1, -0.05) is 6.07 Å². The van der Waals surface area contributed by atoms with Gasteiger partial charge in [0.05, 0.1) is 11.4 Å². The summed E-state index contributed by atoms with van der Waals surface area (Å²) in [6.45, 7) is 7.08. The highest BCUT2D eigenvalue weighted by Crippen LogP contribution is 2.16. The second-order valence-electron chi connectivity index (χ2n) is 5.24. The lowest BCUT2D eigenvalue weighted by Gasteiger charge is -2.11. The first-order valence-corrected chi connectivity index (χ1v) is 9.83. The summed E-state index contributed by atoms with van der Waals surface area (Å²) in [6, 6.07) is 5.84. The van der Waals surface area contributed by atoms with E-state index < -0.39 is 0 Å². The largest absolute Gasteiger partial charge is 0.357 e. The Bertz CT molecular complexity index is 649. The molecule has 0 aliphatic rings. The van der Waals surface area contributed by atoms with E-state index in [1.807, 2.05) is 17.5 Å². The normalized spacial score (nSPS) is 11.3. The maximum Gasteiger partial charge on any atom is 0.261 e. The molecule has 2 aromatic rings. The average molecular weight is 365 g/mol. The molecule has 0 radical (unpaired) electrons. The van der Waals surface area contributed by atoms with Crippen LogP contribution in [0.2, 0.25) is 0 Å². The van der Waals surface area contributed by atoms with E-state index >= 15 is 0 Å². The molecule has 0 unspecified atom stereocenters. The van der Waals surface area contributed by atoms with Crippen LogP contribution in [0.25, 0.3) is 0 Å². The fourth-order valence-corrected chi connectivity index (χ4v) is 3.52. The lowest BCUT2D eigenvalue weighted by molar-refractivity contribution is 0.0957. The van der Waals surface area contributed by atoms with Gasteiger partial charge in [-0.25, -0.2) is 4.99 Å². The van der Waals surface area contributed by atoms with Crippen molar-refractivity contribution in [3.05, 3.63) is 44.3 Å². The molecular formula is C17H24N4OS2. The van der Waals surface area contributed by atoms with E-state index in [0.717, 1.165) is 30.3 Å². The van der Waals surface area contributed by atoms with Crippen LogP contribution in [-0.4, -0.2) is 31.5 Å². The molecule has 2 rings (SSSR count). The number of aliphatic imine (C=N–C) groups is 1. The van der Waals surface area contributed by atoms with Crippen molar-refractivity contribution in [1.29, 1.82) is 0 Å². The summed E-state index contributed by atoms with van der Waals surface area (Å²) in [6.07, 6.45) is 0.847. The topological polar surface area (TPSA) is 65.5 Å². The van der Waals surface area contributed by atoms with Crippen LogP contribution < -0.4 is 16.0 Å². The number of thiophene rings is 2. The van der Waals surface area contributed by atoms with Crippen molar-refractivity contribution in [2.45, 2.75) is 26.8 Å². The molecule has 5 nitrogen and oxygen atoms in total. The number of nitrogens with zero attached hydrogens (tertiary/aromatic N) is 1. The third-order valence-corrected chi connectivity index (χ3v) is 5.25. The van der Waals surface area contributed by atoms with Crippen molar-refractivity contribution < 1.29 is 4.79 Å². The van der Waals surface area contributed by atoms with E-state index in [4.69, 9.17) is 0 Å². The zero-order valence-electron chi connectivity index (χ0n) is 14.1. The predicted octanol–water partition coefficient (Wildman–Crippen LogP) is 2.99. The van der Waals surface area contributed by atoms with Crippen molar-refractivity contribution in [2.24, 2.45) is 4.99 Å². The summed E-state index contributed by atoms with van der Waals surface area (Å²) < 4.78 is 0. The first-order valence-electron chi connectivity index (χ1n) is 8.07. The molecule has 24 heavy (non-hydrogen) atoms. The van der Waals surface area contributed by atoms with Crippen molar-refractivity contribution in [3.63, 3.8) is 0 Å². The minimum absolute atomic E-state index is 0.00116. The minimum atomic E-state index is -0.00116. The van der Waals surface area contributed by atoms with E-state index in [9.17, 15) is 4.79 Å². The monoisotopic (exact) mass is 364 g/mol. The van der Waals surface area contributed by atoms with Crippen LogP contribution in [-0.2, 0) is 6.54 Å². The van der Waals surface area contributed by atoms with Gasteiger partial charge in [-0.15, -0.1) is 22.7 Å². The highest BCUT2D eigenvalue weighted by atomic mass is 32.1. The molecule has 0 aliphatic heterocycles. The van der Waals surface area contributed by atoms with Gasteiger partial charge in [-0.3, -0.25) is 4.79 Å². The molecule has 0 saturated carbocycles. The van der Waals surface area contributed by atoms with Crippen LogP contribution in [0.4, 0.5) is 0 Å². The molecular weight excluding hydrogens is 340 g/mol. The Hall–Kier alpha value is -1.86. The maximum absolute atomic E-state index is 11.8. The quantitative estimate of drug-likeness (QED) is 0.383. The van der Waals surface area contributed by atoms with E-state index in [1.165, 1.54) is 21.8 Å². The zero-order valence-corrected chi connectivity index (χ0v) is 15.7. The van der Waals surface area contributed by atoms with Crippen molar-refractivity contribution in [1.82, 2.24) is 16.0 Å². The summed E-state index contributed by atoms with van der Waals surface area (Å²) in [4.78, 5) is 18.5. The van der Waals surface area contributed by atoms with Gasteiger partial charge in [0, 0.05) is 24.5 Å². The molecule has 7 heteroatoms.